The van der Waals surface area contributed by atoms with Gasteiger partial charge in [0.2, 0.25) is 0 Å². The molecule has 0 spiro atoms. The number of anilines is 2. The van der Waals surface area contributed by atoms with Gasteiger partial charge in [-0.1, -0.05) is 0 Å². The Bertz CT molecular complexity index is 395. The van der Waals surface area contributed by atoms with E-state index < -0.39 is 6.67 Å². The lowest BCUT2D eigenvalue weighted by Crippen LogP contribution is -2.17. The maximum Gasteiger partial charge on any atom is 0.263 e. The molecule has 0 bridgehead atoms. The molecule has 1 heterocycles. The lowest BCUT2D eigenvalue weighted by atomic mass is 10.3. The van der Waals surface area contributed by atoms with Crippen LogP contribution in [0.5, 0.6) is 5.75 Å². The summed E-state index contributed by atoms with van der Waals surface area (Å²) in [6, 6.07) is 0. The molecule has 0 radical (unpaired) electrons. The molecule has 0 aliphatic rings. The summed E-state index contributed by atoms with van der Waals surface area (Å²) in [7, 11) is 3.01. The normalized spacial score (nSPS) is 10.1. The number of alkyl halides is 1. The number of methoxy groups -OCH3 is 1. The van der Waals surface area contributed by atoms with Crippen molar-refractivity contribution in [1.29, 1.82) is 0 Å². The summed E-state index contributed by atoms with van der Waals surface area (Å²) in [4.78, 5) is 11.9. The maximum absolute atomic E-state index is 12.0. The van der Waals surface area contributed by atoms with Crippen LogP contribution in [0, 0.1) is 0 Å². The molecule has 0 fully saturated rings. The van der Waals surface area contributed by atoms with Crippen LogP contribution in [0.25, 0.3) is 0 Å². The number of nitrogen functional groups attached to an aromatic ring is 1. The van der Waals surface area contributed by atoms with Gasteiger partial charge < -0.3 is 21.1 Å². The van der Waals surface area contributed by atoms with Crippen molar-refractivity contribution in [3.8, 4) is 5.75 Å². The van der Waals surface area contributed by atoms with Crippen molar-refractivity contribution in [1.82, 2.24) is 5.32 Å². The molecule has 0 saturated heterocycles. The number of carbonyl (C=O) groups excluding carboxylic acids is 1. The standard InChI is InChI=1S/C10H16FN3O2S/c1-13-9(15)8-6(12)7(16-2)10(17-8)14-5-3-4-11/h14H,3-5,12H2,1-2H3,(H,13,15). The van der Waals surface area contributed by atoms with Crippen molar-refractivity contribution in [2.75, 3.05) is 38.4 Å². The van der Waals surface area contributed by atoms with Crippen LogP contribution in [0.3, 0.4) is 0 Å². The average Bonchev–Trinajstić information content (AvgIpc) is 2.65. The number of rotatable bonds is 6. The van der Waals surface area contributed by atoms with Crippen LogP contribution in [0.1, 0.15) is 16.1 Å². The minimum absolute atomic E-state index is 0.260. The number of ether oxygens (including phenoxy) is 1. The average molecular weight is 261 g/mol. The van der Waals surface area contributed by atoms with Gasteiger partial charge in [-0.25, -0.2) is 0 Å². The van der Waals surface area contributed by atoms with Crippen molar-refractivity contribution in [2.24, 2.45) is 0 Å². The number of nitrogens with one attached hydrogen (secondary N) is 2. The number of thiophene rings is 1. The second-order valence-electron chi connectivity index (χ2n) is 3.26. The van der Waals surface area contributed by atoms with Crippen LogP contribution in [0.2, 0.25) is 0 Å². The molecule has 0 aliphatic carbocycles. The van der Waals surface area contributed by atoms with Crippen molar-refractivity contribution >= 4 is 27.9 Å². The maximum atomic E-state index is 12.0. The number of halogens is 1. The molecular weight excluding hydrogens is 245 g/mol. The van der Waals surface area contributed by atoms with Crippen LogP contribution < -0.4 is 21.1 Å². The molecule has 4 N–H and O–H groups in total. The van der Waals surface area contributed by atoms with E-state index in [4.69, 9.17) is 10.5 Å². The monoisotopic (exact) mass is 261 g/mol. The summed E-state index contributed by atoms with van der Waals surface area (Å²) >= 11 is 1.20. The van der Waals surface area contributed by atoms with E-state index in [0.717, 1.165) is 0 Å². The van der Waals surface area contributed by atoms with Crippen LogP contribution in [0.15, 0.2) is 0 Å². The number of nitrogens with two attached hydrogens (primary N) is 1. The smallest absolute Gasteiger partial charge is 0.263 e. The Morgan fingerprint density at radius 1 is 1.59 bits per heavy atom. The highest BCUT2D eigenvalue weighted by molar-refractivity contribution is 7.19. The molecule has 0 unspecified atom stereocenters. The third-order valence-electron chi connectivity index (χ3n) is 2.13. The van der Waals surface area contributed by atoms with Crippen molar-refractivity contribution < 1.29 is 13.9 Å². The van der Waals surface area contributed by atoms with Crippen LogP contribution >= 0.6 is 11.3 Å². The quantitative estimate of drug-likeness (QED) is 0.678. The van der Waals surface area contributed by atoms with Gasteiger partial charge in [0.05, 0.1) is 13.8 Å². The summed E-state index contributed by atoms with van der Waals surface area (Å²) < 4.78 is 17.1. The first-order valence-corrected chi connectivity index (χ1v) is 5.95. The third kappa shape index (κ3) is 3.00. The highest BCUT2D eigenvalue weighted by atomic mass is 32.1. The molecule has 1 amide bonds. The Hall–Kier alpha value is -1.50. The Morgan fingerprint density at radius 2 is 2.29 bits per heavy atom. The molecule has 7 heteroatoms. The Kier molecular flexibility index (Phi) is 5.02. The zero-order chi connectivity index (χ0) is 12.8. The number of amides is 1. The van der Waals surface area contributed by atoms with Gasteiger partial charge >= 0.3 is 0 Å². The highest BCUT2D eigenvalue weighted by Gasteiger charge is 2.20. The van der Waals surface area contributed by atoms with Crippen LogP contribution in [-0.4, -0.2) is 33.3 Å². The van der Waals surface area contributed by atoms with Gasteiger partial charge in [0.1, 0.15) is 15.6 Å². The van der Waals surface area contributed by atoms with E-state index in [1.807, 2.05) is 0 Å². The van der Waals surface area contributed by atoms with Crippen molar-refractivity contribution in [3.63, 3.8) is 0 Å². The molecule has 0 saturated carbocycles. The number of hydrogen-bond acceptors (Lipinski definition) is 5. The molecular formula is C10H16FN3O2S. The fourth-order valence-electron chi connectivity index (χ4n) is 1.30. The van der Waals surface area contributed by atoms with E-state index in [1.54, 1.807) is 0 Å². The van der Waals surface area contributed by atoms with Crippen molar-refractivity contribution in [2.45, 2.75) is 6.42 Å². The van der Waals surface area contributed by atoms with E-state index in [1.165, 1.54) is 25.5 Å². The second-order valence-corrected chi connectivity index (χ2v) is 4.28. The fourth-order valence-corrected chi connectivity index (χ4v) is 2.36. The van der Waals surface area contributed by atoms with Gasteiger partial charge in [-0.15, -0.1) is 11.3 Å². The first kappa shape index (κ1) is 13.6. The summed E-state index contributed by atoms with van der Waals surface area (Å²) in [5.74, 6) is 0.178. The molecule has 17 heavy (non-hydrogen) atoms. The minimum Gasteiger partial charge on any atom is -0.492 e. The van der Waals surface area contributed by atoms with Gasteiger partial charge in [-0.05, 0) is 6.42 Å². The van der Waals surface area contributed by atoms with Crippen LogP contribution in [-0.2, 0) is 0 Å². The lowest BCUT2D eigenvalue weighted by molar-refractivity contribution is 0.0967. The zero-order valence-corrected chi connectivity index (χ0v) is 10.6. The Labute approximate surface area is 103 Å². The molecule has 0 aliphatic heterocycles. The lowest BCUT2D eigenvalue weighted by Gasteiger charge is -2.05. The molecule has 0 aromatic carbocycles. The number of carbonyl (C=O) groups is 1. The molecule has 1 aromatic rings. The zero-order valence-electron chi connectivity index (χ0n) is 9.80. The van der Waals surface area contributed by atoms with Gasteiger partial charge in [0.25, 0.3) is 5.91 Å². The predicted octanol–water partition coefficient (Wildman–Crippen LogP) is 1.47. The molecule has 1 rings (SSSR count). The molecule has 1 aromatic heterocycles. The Morgan fingerprint density at radius 3 is 2.82 bits per heavy atom. The minimum atomic E-state index is -0.390. The summed E-state index contributed by atoms with van der Waals surface area (Å²) in [6.45, 7) is 0.0818. The molecule has 96 valence electrons. The Balaban J connectivity index is 2.92. The topological polar surface area (TPSA) is 76.4 Å². The SMILES string of the molecule is CNC(=O)c1sc(NCCCF)c(OC)c1N. The van der Waals surface area contributed by atoms with Crippen LogP contribution in [0.4, 0.5) is 15.1 Å². The van der Waals surface area contributed by atoms with E-state index in [-0.39, 0.29) is 5.91 Å². The van der Waals surface area contributed by atoms with E-state index in [0.29, 0.717) is 34.3 Å². The summed E-state index contributed by atoms with van der Waals surface area (Å²) in [5, 5.41) is 6.15. The molecule has 5 nitrogen and oxygen atoms in total. The first-order chi connectivity index (χ1) is 8.15. The van der Waals surface area contributed by atoms with Gasteiger partial charge in [-0.2, -0.15) is 0 Å². The second kappa shape index (κ2) is 6.29. The van der Waals surface area contributed by atoms with Gasteiger partial charge in [-0.3, -0.25) is 9.18 Å². The summed E-state index contributed by atoms with van der Waals surface area (Å²) in [5.41, 5.74) is 6.11. The molecule has 0 atom stereocenters. The van der Waals surface area contributed by atoms with Crippen molar-refractivity contribution in [3.05, 3.63) is 4.88 Å². The number of hydrogen-bond donors (Lipinski definition) is 3. The van der Waals surface area contributed by atoms with Gasteiger partial charge in [0.15, 0.2) is 5.75 Å². The van der Waals surface area contributed by atoms with Gasteiger partial charge in [0, 0.05) is 13.6 Å². The predicted molar refractivity (Wildman–Crippen MR) is 67.8 cm³/mol. The van der Waals surface area contributed by atoms with E-state index >= 15 is 0 Å². The summed E-state index contributed by atoms with van der Waals surface area (Å²) in [6.07, 6.45) is 0.399. The van der Waals surface area contributed by atoms with E-state index in [2.05, 4.69) is 10.6 Å². The largest absolute Gasteiger partial charge is 0.492 e. The first-order valence-electron chi connectivity index (χ1n) is 5.13. The third-order valence-corrected chi connectivity index (χ3v) is 3.28. The van der Waals surface area contributed by atoms with E-state index in [9.17, 15) is 9.18 Å². The fraction of sp³-hybridized carbons (Fsp3) is 0.500. The highest BCUT2D eigenvalue weighted by Crippen LogP contribution is 2.42.